The van der Waals surface area contributed by atoms with Crippen LogP contribution in [0, 0.1) is 5.92 Å². The van der Waals surface area contributed by atoms with Crippen molar-refractivity contribution in [2.75, 3.05) is 29.9 Å². The van der Waals surface area contributed by atoms with Crippen molar-refractivity contribution in [3.05, 3.63) is 38.7 Å². The zero-order valence-corrected chi connectivity index (χ0v) is 22.2. The molecule has 36 heavy (non-hydrogen) atoms. The molecular formula is C24H27ClN6O3S2. The fourth-order valence-electron chi connectivity index (χ4n) is 4.70. The van der Waals surface area contributed by atoms with Gasteiger partial charge >= 0.3 is 5.97 Å². The summed E-state index contributed by atoms with van der Waals surface area (Å²) in [5.41, 5.74) is 2.01. The molecule has 0 aliphatic carbocycles. The van der Waals surface area contributed by atoms with Gasteiger partial charge in [-0.3, -0.25) is 19.8 Å². The summed E-state index contributed by atoms with van der Waals surface area (Å²) in [6, 6.07) is 2.43. The SMILES string of the molecule is C[C@@H]1CCCN1Cc1sc(NC(=O)c2cnc(N3CCC(C(=O)O)CC3)cn2)nc1-c1csc(Cl)c1. The third-order valence-electron chi connectivity index (χ3n) is 6.84. The largest absolute Gasteiger partial charge is 0.481 e. The minimum atomic E-state index is -0.752. The summed E-state index contributed by atoms with van der Waals surface area (Å²) < 4.78 is 0.701. The lowest BCUT2D eigenvalue weighted by Gasteiger charge is -2.30. The number of halogens is 1. The lowest BCUT2D eigenvalue weighted by Crippen LogP contribution is -2.36. The summed E-state index contributed by atoms with van der Waals surface area (Å²) in [7, 11) is 0. The predicted octanol–water partition coefficient (Wildman–Crippen LogP) is 4.85. The summed E-state index contributed by atoms with van der Waals surface area (Å²) >= 11 is 9.13. The average Bonchev–Trinajstić information content (AvgIpc) is 3.60. The number of carbonyl (C=O) groups is 2. The number of rotatable bonds is 7. The van der Waals surface area contributed by atoms with E-state index in [0.717, 1.165) is 29.2 Å². The van der Waals surface area contributed by atoms with E-state index in [4.69, 9.17) is 16.6 Å². The number of nitrogens with zero attached hydrogens (tertiary/aromatic N) is 5. The molecule has 0 saturated carbocycles. The molecule has 2 aliphatic heterocycles. The van der Waals surface area contributed by atoms with Gasteiger partial charge in [0, 0.05) is 41.5 Å². The van der Waals surface area contributed by atoms with Gasteiger partial charge in [-0.2, -0.15) is 0 Å². The molecule has 190 valence electrons. The molecule has 2 saturated heterocycles. The number of carboxylic acid groups (broad SMARTS) is 1. The molecule has 2 aliphatic rings. The summed E-state index contributed by atoms with van der Waals surface area (Å²) in [4.78, 5) is 43.1. The van der Waals surface area contributed by atoms with Crippen molar-refractivity contribution < 1.29 is 14.7 Å². The highest BCUT2D eigenvalue weighted by Gasteiger charge is 2.26. The van der Waals surface area contributed by atoms with E-state index >= 15 is 0 Å². The highest BCUT2D eigenvalue weighted by molar-refractivity contribution is 7.16. The fourth-order valence-corrected chi connectivity index (χ4v) is 6.57. The van der Waals surface area contributed by atoms with Crippen LogP contribution in [0.1, 0.15) is 48.0 Å². The number of hydrogen-bond donors (Lipinski definition) is 2. The summed E-state index contributed by atoms with van der Waals surface area (Å²) in [5, 5.41) is 14.6. The van der Waals surface area contributed by atoms with Gasteiger partial charge in [0.25, 0.3) is 5.91 Å². The Balaban J connectivity index is 1.28. The van der Waals surface area contributed by atoms with Gasteiger partial charge < -0.3 is 10.0 Å². The van der Waals surface area contributed by atoms with Gasteiger partial charge in [-0.25, -0.2) is 15.0 Å². The lowest BCUT2D eigenvalue weighted by molar-refractivity contribution is -0.142. The Morgan fingerprint density at radius 2 is 2.00 bits per heavy atom. The molecule has 2 fully saturated rings. The molecule has 0 unspecified atom stereocenters. The van der Waals surface area contributed by atoms with Crippen molar-refractivity contribution in [2.45, 2.75) is 45.2 Å². The van der Waals surface area contributed by atoms with E-state index in [0.29, 0.717) is 47.3 Å². The predicted molar refractivity (Wildman–Crippen MR) is 142 cm³/mol. The molecule has 9 nitrogen and oxygen atoms in total. The van der Waals surface area contributed by atoms with E-state index in [9.17, 15) is 14.7 Å². The van der Waals surface area contributed by atoms with Crippen LogP contribution in [-0.2, 0) is 11.3 Å². The van der Waals surface area contributed by atoms with Crippen molar-refractivity contribution >= 4 is 57.1 Å². The maximum absolute atomic E-state index is 12.9. The molecule has 5 heterocycles. The number of aliphatic carboxylic acids is 1. The summed E-state index contributed by atoms with van der Waals surface area (Å²) in [5.74, 6) is -0.795. The number of amides is 1. The highest BCUT2D eigenvalue weighted by atomic mass is 35.5. The molecule has 3 aromatic rings. The number of piperidine rings is 1. The molecule has 0 radical (unpaired) electrons. The number of carbonyl (C=O) groups excluding carboxylic acids is 1. The highest BCUT2D eigenvalue weighted by Crippen LogP contribution is 2.37. The first-order valence-corrected chi connectivity index (χ1v) is 14.0. The lowest BCUT2D eigenvalue weighted by atomic mass is 9.97. The smallest absolute Gasteiger partial charge is 0.306 e. The first-order valence-electron chi connectivity index (χ1n) is 12.0. The molecule has 1 atom stereocenters. The fraction of sp³-hybridized carbons (Fsp3) is 0.458. The molecule has 0 aromatic carbocycles. The minimum absolute atomic E-state index is 0.198. The van der Waals surface area contributed by atoms with Crippen LogP contribution in [0.2, 0.25) is 4.34 Å². The Labute approximate surface area is 222 Å². The number of likely N-dealkylation sites (tertiary alicyclic amines) is 1. The quantitative estimate of drug-likeness (QED) is 0.432. The first kappa shape index (κ1) is 25.1. The Morgan fingerprint density at radius 1 is 1.19 bits per heavy atom. The van der Waals surface area contributed by atoms with E-state index in [1.54, 1.807) is 6.20 Å². The van der Waals surface area contributed by atoms with Gasteiger partial charge in [0.2, 0.25) is 0 Å². The Morgan fingerprint density at radius 3 is 2.61 bits per heavy atom. The van der Waals surface area contributed by atoms with E-state index in [1.807, 2.05) is 16.3 Å². The molecule has 3 aromatic heterocycles. The first-order chi connectivity index (χ1) is 17.4. The average molecular weight is 547 g/mol. The van der Waals surface area contributed by atoms with Crippen LogP contribution in [0.3, 0.4) is 0 Å². The molecule has 5 rings (SSSR count). The molecule has 0 bridgehead atoms. The van der Waals surface area contributed by atoms with Gasteiger partial charge in [-0.05, 0) is 45.2 Å². The summed E-state index contributed by atoms with van der Waals surface area (Å²) in [6.07, 6.45) is 6.54. The zero-order valence-electron chi connectivity index (χ0n) is 19.8. The van der Waals surface area contributed by atoms with Crippen LogP contribution in [0.4, 0.5) is 10.9 Å². The van der Waals surface area contributed by atoms with E-state index < -0.39 is 5.97 Å². The van der Waals surface area contributed by atoms with Gasteiger partial charge in [0.1, 0.15) is 11.5 Å². The Bertz CT molecular complexity index is 1240. The number of thiophene rings is 1. The second-order valence-electron chi connectivity index (χ2n) is 9.21. The Kier molecular flexibility index (Phi) is 7.52. The summed E-state index contributed by atoms with van der Waals surface area (Å²) in [6.45, 7) is 5.29. The minimum Gasteiger partial charge on any atom is -0.481 e. The van der Waals surface area contributed by atoms with Crippen LogP contribution >= 0.6 is 34.3 Å². The van der Waals surface area contributed by atoms with Crippen LogP contribution in [0.5, 0.6) is 0 Å². The van der Waals surface area contributed by atoms with Crippen molar-refractivity contribution in [3.8, 4) is 11.3 Å². The number of hydrogen-bond acceptors (Lipinski definition) is 9. The second-order valence-corrected chi connectivity index (χ2v) is 11.8. The topological polar surface area (TPSA) is 112 Å². The van der Waals surface area contributed by atoms with Crippen molar-refractivity contribution in [1.29, 1.82) is 0 Å². The number of thiazole rings is 1. The zero-order chi connectivity index (χ0) is 25.2. The maximum Gasteiger partial charge on any atom is 0.306 e. The van der Waals surface area contributed by atoms with Crippen LogP contribution in [-0.4, -0.2) is 62.5 Å². The van der Waals surface area contributed by atoms with Gasteiger partial charge in [0.05, 0.1) is 28.3 Å². The molecule has 0 spiro atoms. The maximum atomic E-state index is 12.9. The third kappa shape index (κ3) is 5.54. The normalized spacial score (nSPS) is 19.1. The number of carboxylic acids is 1. The van der Waals surface area contributed by atoms with Crippen molar-refractivity contribution in [1.82, 2.24) is 19.9 Å². The number of aromatic nitrogens is 3. The van der Waals surface area contributed by atoms with Crippen molar-refractivity contribution in [2.24, 2.45) is 5.92 Å². The van der Waals surface area contributed by atoms with Crippen molar-refractivity contribution in [3.63, 3.8) is 0 Å². The van der Waals surface area contributed by atoms with E-state index in [1.165, 1.54) is 41.7 Å². The monoisotopic (exact) mass is 546 g/mol. The molecule has 2 N–H and O–H groups in total. The molecule has 12 heteroatoms. The third-order valence-corrected chi connectivity index (χ3v) is 8.88. The van der Waals surface area contributed by atoms with E-state index in [2.05, 4.69) is 27.1 Å². The number of anilines is 2. The van der Waals surface area contributed by atoms with Gasteiger partial charge in [0.15, 0.2) is 5.13 Å². The van der Waals surface area contributed by atoms with Gasteiger partial charge in [-0.1, -0.05) is 22.9 Å². The molecule has 1 amide bonds. The second kappa shape index (κ2) is 10.8. The van der Waals surface area contributed by atoms with Crippen LogP contribution < -0.4 is 10.2 Å². The Hall–Kier alpha value is -2.60. The van der Waals surface area contributed by atoms with E-state index in [-0.39, 0.29) is 17.5 Å². The van der Waals surface area contributed by atoms with Crippen LogP contribution in [0.15, 0.2) is 23.8 Å². The number of nitrogens with one attached hydrogen (secondary N) is 1. The molecular weight excluding hydrogens is 520 g/mol. The van der Waals surface area contributed by atoms with Crippen LogP contribution in [0.25, 0.3) is 11.3 Å². The standard InChI is InChI=1S/C24H27ClN6O3S2/c1-14-3-2-6-31(14)12-18-21(16-9-19(25)35-13-16)28-24(36-18)29-22(32)17-10-27-20(11-26-17)30-7-4-15(5-8-30)23(33)34/h9-11,13-15H,2-8,12H2,1H3,(H,33,34)(H,28,29,32)/t14-/m1/s1. The van der Waals surface area contributed by atoms with Gasteiger partial charge in [-0.15, -0.1) is 11.3 Å².